The van der Waals surface area contributed by atoms with Crippen LogP contribution in [0.2, 0.25) is 0 Å². The molecule has 0 spiro atoms. The van der Waals surface area contributed by atoms with Crippen molar-refractivity contribution in [1.82, 2.24) is 0 Å². The Bertz CT molecular complexity index is 85.7. The maximum atomic E-state index is 9.58. The fourth-order valence-electron chi connectivity index (χ4n) is 0.180. The molecule has 0 aliphatic rings. The van der Waals surface area contributed by atoms with E-state index in [1.807, 2.05) is 13.8 Å². The van der Waals surface area contributed by atoms with Gasteiger partial charge >= 0.3 is 0 Å². The third-order valence-electron chi connectivity index (χ3n) is 0.492. The summed E-state index contributed by atoms with van der Waals surface area (Å²) < 4.78 is 13.1. The molecule has 0 unspecified atom stereocenters. The lowest BCUT2D eigenvalue weighted by molar-refractivity contribution is 0.661. The number of hydrogen-bond acceptors (Lipinski definition) is 2. The van der Waals surface area contributed by atoms with Crippen LogP contribution in [0.25, 0.3) is 0 Å². The summed E-state index contributed by atoms with van der Waals surface area (Å²) in [5, 5.41) is 0. The van der Waals surface area contributed by atoms with Crippen LogP contribution in [-0.4, -0.2) is 10.8 Å². The van der Waals surface area contributed by atoms with Gasteiger partial charge in [0.15, 0.2) is 11.5 Å². The Hall–Kier alpha value is -0.180. The van der Waals surface area contributed by atoms with Crippen LogP contribution in [-0.2, 0) is 11.5 Å². The second kappa shape index (κ2) is 3.99. The van der Waals surface area contributed by atoms with Gasteiger partial charge in [-0.1, -0.05) is 13.8 Å². The van der Waals surface area contributed by atoms with Crippen LogP contribution < -0.4 is 0 Å². The molecule has 0 rings (SSSR count). The SMILES string of the molecule is CC(C)CN=S=O. The molecule has 0 aromatic rings. The fraction of sp³-hybridized carbons (Fsp3) is 1.00. The van der Waals surface area contributed by atoms with Crippen molar-refractivity contribution >= 4 is 11.5 Å². The number of rotatable bonds is 2. The van der Waals surface area contributed by atoms with Crippen molar-refractivity contribution in [3.8, 4) is 0 Å². The molecule has 0 bridgehead atoms. The molecule has 0 saturated heterocycles. The smallest absolute Gasteiger partial charge is 0.194 e. The third kappa shape index (κ3) is 5.82. The first-order valence-corrected chi connectivity index (χ1v) is 2.93. The Morgan fingerprint density at radius 1 is 1.71 bits per heavy atom. The predicted octanol–water partition coefficient (Wildman–Crippen LogP) is 1.04. The lowest BCUT2D eigenvalue weighted by Gasteiger charge is -1.90. The Balaban J connectivity index is 3.13. The van der Waals surface area contributed by atoms with Gasteiger partial charge in [-0.05, 0) is 5.92 Å². The second-order valence-electron chi connectivity index (χ2n) is 1.78. The minimum atomic E-state index is 0.305. The van der Waals surface area contributed by atoms with E-state index in [9.17, 15) is 4.21 Å². The van der Waals surface area contributed by atoms with Crippen molar-refractivity contribution in [2.45, 2.75) is 13.8 Å². The average Bonchev–Trinajstić information content (AvgIpc) is 1.61. The summed E-state index contributed by atoms with van der Waals surface area (Å²) in [6, 6.07) is 0. The van der Waals surface area contributed by atoms with E-state index in [0.717, 1.165) is 0 Å². The molecule has 42 valence electrons. The van der Waals surface area contributed by atoms with Gasteiger partial charge in [0.25, 0.3) is 0 Å². The molecule has 0 aromatic heterocycles. The zero-order valence-corrected chi connectivity index (χ0v) is 5.36. The molecule has 0 aromatic carbocycles. The molecule has 7 heavy (non-hydrogen) atoms. The van der Waals surface area contributed by atoms with Crippen molar-refractivity contribution in [2.24, 2.45) is 10.3 Å². The van der Waals surface area contributed by atoms with E-state index >= 15 is 0 Å². The van der Waals surface area contributed by atoms with Gasteiger partial charge in [-0.3, -0.25) is 0 Å². The van der Waals surface area contributed by atoms with Crippen molar-refractivity contribution in [3.05, 3.63) is 0 Å². The quantitative estimate of drug-likeness (QED) is 0.534. The Morgan fingerprint density at radius 3 is 2.43 bits per heavy atom. The first-order valence-electron chi connectivity index (χ1n) is 2.23. The van der Waals surface area contributed by atoms with Gasteiger partial charge in [0.1, 0.15) is 0 Å². The van der Waals surface area contributed by atoms with Crippen LogP contribution in [0, 0.1) is 5.92 Å². The minimum absolute atomic E-state index is 0.305. The maximum Gasteiger partial charge on any atom is 0.199 e. The lowest BCUT2D eigenvalue weighted by atomic mass is 10.2. The normalized spacial score (nSPS) is 9.00. The highest BCUT2D eigenvalue weighted by atomic mass is 32.1. The Kier molecular flexibility index (Phi) is 3.89. The molecular formula is C4H9NOS. The topological polar surface area (TPSA) is 29.4 Å². The second-order valence-corrected chi connectivity index (χ2v) is 2.19. The van der Waals surface area contributed by atoms with E-state index in [1.54, 1.807) is 0 Å². The van der Waals surface area contributed by atoms with Gasteiger partial charge in [0.2, 0.25) is 0 Å². The first kappa shape index (κ1) is 6.82. The highest BCUT2D eigenvalue weighted by Crippen LogP contribution is 1.88. The van der Waals surface area contributed by atoms with Crippen LogP contribution >= 0.6 is 0 Å². The van der Waals surface area contributed by atoms with Gasteiger partial charge in [0.05, 0.1) is 6.54 Å². The number of hydrogen-bond donors (Lipinski definition) is 0. The van der Waals surface area contributed by atoms with Crippen molar-refractivity contribution in [3.63, 3.8) is 0 Å². The molecule has 0 fully saturated rings. The molecular weight excluding hydrogens is 110 g/mol. The van der Waals surface area contributed by atoms with Crippen molar-refractivity contribution in [2.75, 3.05) is 6.54 Å². The summed E-state index contributed by atoms with van der Waals surface area (Å²) in [4.78, 5) is 0. The average molecular weight is 119 g/mol. The van der Waals surface area contributed by atoms with Gasteiger partial charge < -0.3 is 0 Å². The molecule has 0 N–H and O–H groups in total. The van der Waals surface area contributed by atoms with Crippen LogP contribution in [0.5, 0.6) is 0 Å². The summed E-state index contributed by atoms with van der Waals surface area (Å²) in [5.41, 5.74) is 0. The zero-order chi connectivity index (χ0) is 5.70. The molecule has 0 radical (unpaired) electrons. The van der Waals surface area contributed by atoms with Gasteiger partial charge in [0, 0.05) is 0 Å². The van der Waals surface area contributed by atoms with Gasteiger partial charge in [-0.25, -0.2) is 0 Å². The van der Waals surface area contributed by atoms with Crippen molar-refractivity contribution in [1.29, 1.82) is 0 Å². The van der Waals surface area contributed by atoms with Crippen LogP contribution in [0.4, 0.5) is 0 Å². The highest BCUT2D eigenvalue weighted by Gasteiger charge is 1.85. The molecule has 0 amide bonds. The van der Waals surface area contributed by atoms with Gasteiger partial charge in [-0.2, -0.15) is 8.57 Å². The molecule has 0 saturated carbocycles. The van der Waals surface area contributed by atoms with E-state index < -0.39 is 0 Å². The van der Waals surface area contributed by atoms with Crippen molar-refractivity contribution < 1.29 is 4.21 Å². The largest absolute Gasteiger partial charge is 0.199 e. The summed E-state index contributed by atoms with van der Waals surface area (Å²) in [5.74, 6) is 0.515. The molecule has 3 heteroatoms. The van der Waals surface area contributed by atoms with E-state index in [1.165, 1.54) is 0 Å². The highest BCUT2D eigenvalue weighted by molar-refractivity contribution is 7.54. The van der Waals surface area contributed by atoms with Crippen LogP contribution in [0.3, 0.4) is 0 Å². The van der Waals surface area contributed by atoms with Gasteiger partial charge in [-0.15, -0.1) is 0 Å². The third-order valence-corrected chi connectivity index (χ3v) is 0.747. The van der Waals surface area contributed by atoms with Crippen LogP contribution in [0.15, 0.2) is 4.36 Å². The first-order chi connectivity index (χ1) is 3.27. The molecule has 0 aliphatic heterocycles. The maximum absolute atomic E-state index is 9.58. The zero-order valence-electron chi connectivity index (χ0n) is 4.55. The summed E-state index contributed by atoms with van der Waals surface area (Å²) in [6.45, 7) is 4.73. The fourth-order valence-corrected chi connectivity index (χ4v) is 0.539. The summed E-state index contributed by atoms with van der Waals surface area (Å²) >= 11 is 0.305. The molecule has 0 atom stereocenters. The molecule has 2 nitrogen and oxygen atoms in total. The monoisotopic (exact) mass is 119 g/mol. The Morgan fingerprint density at radius 2 is 2.29 bits per heavy atom. The molecule has 0 aliphatic carbocycles. The van der Waals surface area contributed by atoms with E-state index in [0.29, 0.717) is 23.9 Å². The van der Waals surface area contributed by atoms with E-state index in [-0.39, 0.29) is 0 Å². The number of nitrogens with zero attached hydrogens (tertiary/aromatic N) is 1. The summed E-state index contributed by atoms with van der Waals surface area (Å²) in [6.07, 6.45) is 0. The minimum Gasteiger partial charge on any atom is -0.194 e. The lowest BCUT2D eigenvalue weighted by Crippen LogP contribution is -1.88. The van der Waals surface area contributed by atoms with E-state index in [4.69, 9.17) is 0 Å². The Labute approximate surface area is 47.2 Å². The van der Waals surface area contributed by atoms with Crippen LogP contribution in [0.1, 0.15) is 13.8 Å². The predicted molar refractivity (Wildman–Crippen MR) is 30.3 cm³/mol. The molecule has 0 heterocycles. The standard InChI is InChI=1S/C4H9NOS/c1-4(2)3-5-7-6/h4H,3H2,1-2H3. The van der Waals surface area contributed by atoms with E-state index in [2.05, 4.69) is 4.36 Å². The summed E-state index contributed by atoms with van der Waals surface area (Å²) in [7, 11) is 0.